The summed E-state index contributed by atoms with van der Waals surface area (Å²) in [6.45, 7) is 2.59. The minimum atomic E-state index is -0.234. The molecule has 4 N–H and O–H groups in total. The summed E-state index contributed by atoms with van der Waals surface area (Å²) >= 11 is 0. The fourth-order valence-corrected chi connectivity index (χ4v) is 4.86. The molecule has 0 aromatic carbocycles. The van der Waals surface area contributed by atoms with Gasteiger partial charge in [0.1, 0.15) is 0 Å². The van der Waals surface area contributed by atoms with Crippen molar-refractivity contribution in [2.45, 2.75) is 95.6 Å². The van der Waals surface area contributed by atoms with Crippen LogP contribution in [0.4, 0.5) is 0 Å². The molecule has 3 aliphatic carbocycles. The van der Waals surface area contributed by atoms with Crippen LogP contribution in [0.1, 0.15) is 84.0 Å². The summed E-state index contributed by atoms with van der Waals surface area (Å²) < 4.78 is 0. The van der Waals surface area contributed by atoms with Crippen molar-refractivity contribution in [3.8, 4) is 0 Å². The summed E-state index contributed by atoms with van der Waals surface area (Å²) in [5.41, 5.74) is 5.68. The molecule has 0 spiro atoms. The van der Waals surface area contributed by atoms with Crippen LogP contribution in [0.15, 0.2) is 0 Å². The third-order valence-electron chi connectivity index (χ3n) is 6.97. The SMILES string of the molecule is CC(CN)(NC(=O)C1CCC(NC(=O)CC2CCCCC2)CC1)C1CC1.Cl. The van der Waals surface area contributed by atoms with Gasteiger partial charge >= 0.3 is 0 Å². The standard InChI is InChI=1S/C21H37N3O2.ClH/c1-21(14-22,17-9-10-17)24-20(26)16-7-11-18(12-8-16)23-19(25)13-15-5-3-2-4-6-15;/h15-18H,2-14,22H2,1H3,(H,23,25)(H,24,26);1H. The Morgan fingerprint density at radius 2 is 1.59 bits per heavy atom. The largest absolute Gasteiger partial charge is 0.353 e. The molecule has 27 heavy (non-hydrogen) atoms. The molecule has 3 rings (SSSR count). The first-order chi connectivity index (χ1) is 12.5. The number of hydrogen-bond acceptors (Lipinski definition) is 3. The monoisotopic (exact) mass is 399 g/mol. The Hall–Kier alpha value is -0.810. The van der Waals surface area contributed by atoms with E-state index in [0.717, 1.165) is 25.7 Å². The quantitative estimate of drug-likeness (QED) is 0.614. The first-order valence-electron chi connectivity index (χ1n) is 10.8. The lowest BCUT2D eigenvalue weighted by Gasteiger charge is -2.34. The van der Waals surface area contributed by atoms with Crippen molar-refractivity contribution >= 4 is 24.2 Å². The van der Waals surface area contributed by atoms with Crippen LogP contribution in [0.2, 0.25) is 0 Å². The van der Waals surface area contributed by atoms with E-state index in [9.17, 15) is 9.59 Å². The molecule has 0 aliphatic heterocycles. The van der Waals surface area contributed by atoms with Gasteiger partial charge in [0.25, 0.3) is 0 Å². The number of hydrogen-bond donors (Lipinski definition) is 3. The van der Waals surface area contributed by atoms with E-state index in [2.05, 4.69) is 17.6 Å². The normalized spacial score (nSPS) is 28.5. The molecule has 0 radical (unpaired) electrons. The van der Waals surface area contributed by atoms with E-state index in [4.69, 9.17) is 5.73 Å². The fraction of sp³-hybridized carbons (Fsp3) is 0.905. The van der Waals surface area contributed by atoms with E-state index in [1.54, 1.807) is 0 Å². The van der Waals surface area contributed by atoms with Gasteiger partial charge in [-0.05, 0) is 70.1 Å². The summed E-state index contributed by atoms with van der Waals surface area (Å²) in [4.78, 5) is 24.9. The van der Waals surface area contributed by atoms with E-state index in [-0.39, 0.29) is 41.7 Å². The maximum Gasteiger partial charge on any atom is 0.223 e. The summed E-state index contributed by atoms with van der Waals surface area (Å²) in [7, 11) is 0. The molecule has 156 valence electrons. The molecule has 1 atom stereocenters. The third kappa shape index (κ3) is 6.35. The fourth-order valence-electron chi connectivity index (χ4n) is 4.86. The second-order valence-electron chi connectivity index (χ2n) is 9.21. The van der Waals surface area contributed by atoms with Crippen LogP contribution in [-0.2, 0) is 9.59 Å². The van der Waals surface area contributed by atoms with E-state index >= 15 is 0 Å². The topological polar surface area (TPSA) is 84.2 Å². The highest BCUT2D eigenvalue weighted by atomic mass is 35.5. The zero-order valence-electron chi connectivity index (χ0n) is 16.8. The van der Waals surface area contributed by atoms with Gasteiger partial charge in [-0.1, -0.05) is 19.3 Å². The molecular formula is C21H38ClN3O2. The maximum atomic E-state index is 12.6. The van der Waals surface area contributed by atoms with Crippen molar-refractivity contribution in [2.75, 3.05) is 6.54 Å². The van der Waals surface area contributed by atoms with Gasteiger partial charge in [0.05, 0.1) is 5.54 Å². The van der Waals surface area contributed by atoms with Crippen molar-refractivity contribution in [3.05, 3.63) is 0 Å². The first kappa shape index (κ1) is 22.5. The molecule has 5 nitrogen and oxygen atoms in total. The Balaban J connectivity index is 0.00000261. The molecule has 3 aliphatic rings. The highest BCUT2D eigenvalue weighted by molar-refractivity contribution is 5.85. The average Bonchev–Trinajstić information content (AvgIpc) is 3.48. The molecule has 3 saturated carbocycles. The molecule has 0 heterocycles. The lowest BCUT2D eigenvalue weighted by Crippen LogP contribution is -2.55. The van der Waals surface area contributed by atoms with Gasteiger partial charge in [0.2, 0.25) is 11.8 Å². The Morgan fingerprint density at radius 3 is 2.15 bits per heavy atom. The van der Waals surface area contributed by atoms with Crippen LogP contribution in [0.25, 0.3) is 0 Å². The maximum absolute atomic E-state index is 12.6. The number of halogens is 1. The number of nitrogens with two attached hydrogens (primary N) is 1. The molecule has 0 saturated heterocycles. The number of amides is 2. The number of nitrogens with one attached hydrogen (secondary N) is 2. The van der Waals surface area contributed by atoms with Crippen molar-refractivity contribution in [1.29, 1.82) is 0 Å². The second-order valence-corrected chi connectivity index (χ2v) is 9.21. The van der Waals surface area contributed by atoms with Crippen LogP contribution in [0.3, 0.4) is 0 Å². The zero-order chi connectivity index (χ0) is 18.6. The van der Waals surface area contributed by atoms with Gasteiger partial charge < -0.3 is 16.4 Å². The average molecular weight is 400 g/mol. The van der Waals surface area contributed by atoms with Crippen molar-refractivity contribution in [3.63, 3.8) is 0 Å². The van der Waals surface area contributed by atoms with Crippen LogP contribution in [0.5, 0.6) is 0 Å². The van der Waals surface area contributed by atoms with E-state index in [0.29, 0.717) is 24.8 Å². The van der Waals surface area contributed by atoms with Crippen LogP contribution < -0.4 is 16.4 Å². The number of carbonyl (C=O) groups is 2. The summed E-state index contributed by atoms with van der Waals surface area (Å²) in [5.74, 6) is 1.59. The molecule has 6 heteroatoms. The van der Waals surface area contributed by atoms with E-state index in [1.807, 2.05) is 0 Å². The minimum Gasteiger partial charge on any atom is -0.353 e. The van der Waals surface area contributed by atoms with Gasteiger partial charge in [-0.15, -0.1) is 12.4 Å². The molecule has 1 unspecified atom stereocenters. The Morgan fingerprint density at radius 1 is 0.963 bits per heavy atom. The van der Waals surface area contributed by atoms with Crippen LogP contribution in [0, 0.1) is 17.8 Å². The molecule has 3 fully saturated rings. The predicted octanol–water partition coefficient (Wildman–Crippen LogP) is 3.30. The Kier molecular flexibility index (Phi) is 8.41. The number of rotatable bonds is 7. The van der Waals surface area contributed by atoms with Crippen LogP contribution in [-0.4, -0.2) is 29.9 Å². The predicted molar refractivity (Wildman–Crippen MR) is 111 cm³/mol. The van der Waals surface area contributed by atoms with Gasteiger partial charge in [-0.25, -0.2) is 0 Å². The molecular weight excluding hydrogens is 362 g/mol. The summed E-state index contributed by atoms with van der Waals surface area (Å²) in [6, 6.07) is 0.250. The lowest BCUT2D eigenvalue weighted by atomic mass is 9.83. The Bertz CT molecular complexity index is 498. The van der Waals surface area contributed by atoms with Gasteiger partial charge in [-0.3, -0.25) is 9.59 Å². The van der Waals surface area contributed by atoms with Gasteiger partial charge in [-0.2, -0.15) is 0 Å². The zero-order valence-corrected chi connectivity index (χ0v) is 17.6. The smallest absolute Gasteiger partial charge is 0.223 e. The minimum absolute atomic E-state index is 0. The second kappa shape index (κ2) is 10.1. The molecule has 0 bridgehead atoms. The van der Waals surface area contributed by atoms with Crippen molar-refractivity contribution in [2.24, 2.45) is 23.5 Å². The lowest BCUT2D eigenvalue weighted by molar-refractivity contribution is -0.128. The Labute approximate surface area is 170 Å². The molecule has 0 aromatic rings. The van der Waals surface area contributed by atoms with Gasteiger partial charge in [0.15, 0.2) is 0 Å². The van der Waals surface area contributed by atoms with Crippen LogP contribution >= 0.6 is 12.4 Å². The molecule has 2 amide bonds. The first-order valence-corrected chi connectivity index (χ1v) is 10.8. The van der Waals surface area contributed by atoms with E-state index < -0.39 is 0 Å². The van der Waals surface area contributed by atoms with Gasteiger partial charge in [0, 0.05) is 24.9 Å². The highest BCUT2D eigenvalue weighted by Crippen LogP contribution is 2.39. The van der Waals surface area contributed by atoms with E-state index in [1.165, 1.54) is 44.9 Å². The molecule has 0 aromatic heterocycles. The van der Waals surface area contributed by atoms with Crippen molar-refractivity contribution < 1.29 is 9.59 Å². The third-order valence-corrected chi connectivity index (χ3v) is 6.97. The highest BCUT2D eigenvalue weighted by Gasteiger charge is 2.42. The summed E-state index contributed by atoms with van der Waals surface area (Å²) in [6.07, 6.45) is 12.9. The number of carbonyl (C=O) groups excluding carboxylic acids is 2. The summed E-state index contributed by atoms with van der Waals surface area (Å²) in [5, 5.41) is 6.46. The van der Waals surface area contributed by atoms with Crippen molar-refractivity contribution in [1.82, 2.24) is 10.6 Å².